The Morgan fingerprint density at radius 1 is 1.33 bits per heavy atom. The summed E-state index contributed by atoms with van der Waals surface area (Å²) in [5.41, 5.74) is 5.92. The van der Waals surface area contributed by atoms with Crippen LogP contribution in [0.3, 0.4) is 0 Å². The predicted octanol–water partition coefficient (Wildman–Crippen LogP) is 2.00. The molecule has 1 aromatic rings. The molecule has 0 aromatic heterocycles. The molecule has 15 heavy (non-hydrogen) atoms. The molecule has 0 aliphatic heterocycles. The topological polar surface area (TPSA) is 35.2 Å². The van der Waals surface area contributed by atoms with Gasteiger partial charge in [-0.05, 0) is 17.7 Å². The highest BCUT2D eigenvalue weighted by Gasteiger charge is 2.67. The van der Waals surface area contributed by atoms with Gasteiger partial charge in [0.1, 0.15) is 5.75 Å². The molecule has 2 nitrogen and oxygen atoms in total. The second-order valence-corrected chi connectivity index (χ2v) is 3.77. The molecule has 1 fully saturated rings. The van der Waals surface area contributed by atoms with Crippen molar-refractivity contribution in [3.05, 3.63) is 29.8 Å². The Balaban J connectivity index is 2.18. The lowest BCUT2D eigenvalue weighted by Crippen LogP contribution is -2.06. The molecule has 1 aliphatic carbocycles. The number of rotatable bonds is 3. The molecule has 1 aliphatic rings. The van der Waals surface area contributed by atoms with Gasteiger partial charge >= 0.3 is 0 Å². The van der Waals surface area contributed by atoms with Crippen molar-refractivity contribution in [3.63, 3.8) is 0 Å². The van der Waals surface area contributed by atoms with E-state index in [-0.39, 0.29) is 6.54 Å². The number of alkyl halides is 2. The average molecular weight is 213 g/mol. The zero-order chi connectivity index (χ0) is 11.1. The summed E-state index contributed by atoms with van der Waals surface area (Å²) in [7, 11) is 1.55. The van der Waals surface area contributed by atoms with Crippen molar-refractivity contribution < 1.29 is 13.5 Å². The third-order valence-corrected chi connectivity index (χ3v) is 2.93. The highest BCUT2D eigenvalue weighted by atomic mass is 19.3. The second-order valence-electron chi connectivity index (χ2n) is 3.77. The molecule has 0 heterocycles. The van der Waals surface area contributed by atoms with Gasteiger partial charge in [0.15, 0.2) is 0 Å². The van der Waals surface area contributed by atoms with E-state index in [0.717, 1.165) is 0 Å². The number of methoxy groups -OCH3 is 1. The maximum absolute atomic E-state index is 13.2. The van der Waals surface area contributed by atoms with Crippen LogP contribution in [0.15, 0.2) is 24.3 Å². The fraction of sp³-hybridized carbons (Fsp3) is 0.455. The van der Waals surface area contributed by atoms with Crippen molar-refractivity contribution in [1.29, 1.82) is 0 Å². The Hall–Kier alpha value is -1.16. The lowest BCUT2D eigenvalue weighted by Gasteiger charge is -2.01. The van der Waals surface area contributed by atoms with E-state index in [1.54, 1.807) is 31.4 Å². The highest BCUT2D eigenvalue weighted by Crippen LogP contribution is 2.60. The Morgan fingerprint density at radius 3 is 2.33 bits per heavy atom. The van der Waals surface area contributed by atoms with E-state index in [0.29, 0.717) is 11.3 Å². The molecular formula is C11H13F2NO. The van der Waals surface area contributed by atoms with Gasteiger partial charge in [0, 0.05) is 12.5 Å². The quantitative estimate of drug-likeness (QED) is 0.833. The van der Waals surface area contributed by atoms with Gasteiger partial charge in [-0.3, -0.25) is 0 Å². The molecule has 0 spiro atoms. The van der Waals surface area contributed by atoms with E-state index >= 15 is 0 Å². The van der Waals surface area contributed by atoms with Gasteiger partial charge in [0.2, 0.25) is 0 Å². The smallest absolute Gasteiger partial charge is 0.260 e. The monoisotopic (exact) mass is 213 g/mol. The fourth-order valence-corrected chi connectivity index (χ4v) is 1.95. The van der Waals surface area contributed by atoms with E-state index in [4.69, 9.17) is 10.5 Å². The van der Waals surface area contributed by atoms with Crippen molar-refractivity contribution >= 4 is 0 Å². The number of benzene rings is 1. The molecule has 2 atom stereocenters. The van der Waals surface area contributed by atoms with Crippen LogP contribution in [0.2, 0.25) is 0 Å². The Labute approximate surface area is 87.0 Å². The van der Waals surface area contributed by atoms with E-state index in [9.17, 15) is 8.78 Å². The third kappa shape index (κ3) is 1.59. The molecule has 0 bridgehead atoms. The molecule has 0 amide bonds. The first kappa shape index (κ1) is 10.4. The van der Waals surface area contributed by atoms with Crippen LogP contribution >= 0.6 is 0 Å². The zero-order valence-electron chi connectivity index (χ0n) is 8.41. The van der Waals surface area contributed by atoms with Crippen molar-refractivity contribution in [1.82, 2.24) is 0 Å². The fourth-order valence-electron chi connectivity index (χ4n) is 1.95. The molecular weight excluding hydrogens is 200 g/mol. The normalized spacial score (nSPS) is 27.5. The molecule has 2 rings (SSSR count). The summed E-state index contributed by atoms with van der Waals surface area (Å²) in [4.78, 5) is 0. The van der Waals surface area contributed by atoms with Crippen molar-refractivity contribution in [2.45, 2.75) is 11.8 Å². The average Bonchev–Trinajstić information content (AvgIpc) is 2.80. The first-order chi connectivity index (χ1) is 7.11. The third-order valence-electron chi connectivity index (χ3n) is 2.93. The first-order valence-electron chi connectivity index (χ1n) is 4.83. The van der Waals surface area contributed by atoms with Crippen molar-refractivity contribution in [3.8, 4) is 5.75 Å². The largest absolute Gasteiger partial charge is 0.497 e. The number of nitrogens with two attached hydrogens (primary N) is 1. The lowest BCUT2D eigenvalue weighted by atomic mass is 10.1. The Kier molecular flexibility index (Phi) is 2.38. The number of halogens is 2. The van der Waals surface area contributed by atoms with Gasteiger partial charge in [0.25, 0.3) is 5.92 Å². The van der Waals surface area contributed by atoms with Crippen molar-refractivity contribution in [2.75, 3.05) is 13.7 Å². The minimum atomic E-state index is -2.64. The molecule has 2 N–H and O–H groups in total. The summed E-state index contributed by atoms with van der Waals surface area (Å²) in [5.74, 6) is -3.38. The molecule has 0 radical (unpaired) electrons. The van der Waals surface area contributed by atoms with Gasteiger partial charge in [-0.25, -0.2) is 8.78 Å². The molecule has 2 unspecified atom stereocenters. The van der Waals surface area contributed by atoms with E-state index in [2.05, 4.69) is 0 Å². The Bertz CT molecular complexity index is 350. The summed E-state index contributed by atoms with van der Waals surface area (Å²) in [5, 5.41) is 0. The second kappa shape index (κ2) is 3.45. The zero-order valence-corrected chi connectivity index (χ0v) is 8.41. The van der Waals surface area contributed by atoms with Crippen LogP contribution in [-0.2, 0) is 0 Å². The first-order valence-corrected chi connectivity index (χ1v) is 4.83. The van der Waals surface area contributed by atoms with Crippen LogP contribution in [0.25, 0.3) is 0 Å². The highest BCUT2D eigenvalue weighted by molar-refractivity contribution is 5.36. The van der Waals surface area contributed by atoms with Crippen LogP contribution in [0.1, 0.15) is 11.5 Å². The summed E-state index contributed by atoms with van der Waals surface area (Å²) in [6.45, 7) is 0.0314. The van der Waals surface area contributed by atoms with Crippen LogP contribution in [-0.4, -0.2) is 19.6 Å². The van der Waals surface area contributed by atoms with Crippen LogP contribution in [0.4, 0.5) is 8.78 Å². The van der Waals surface area contributed by atoms with Crippen LogP contribution in [0.5, 0.6) is 5.75 Å². The lowest BCUT2D eigenvalue weighted by molar-refractivity contribution is 0.0947. The minimum Gasteiger partial charge on any atom is -0.497 e. The number of hydrogen-bond donors (Lipinski definition) is 1. The SMILES string of the molecule is COc1ccc(C2C(CN)C2(F)F)cc1. The number of ether oxygens (including phenoxy) is 1. The van der Waals surface area contributed by atoms with Gasteiger partial charge in [-0.1, -0.05) is 12.1 Å². The predicted molar refractivity (Wildman–Crippen MR) is 53.2 cm³/mol. The molecule has 0 saturated heterocycles. The van der Waals surface area contributed by atoms with E-state index in [1.807, 2.05) is 0 Å². The summed E-state index contributed by atoms with van der Waals surface area (Å²) >= 11 is 0. The maximum Gasteiger partial charge on any atom is 0.260 e. The van der Waals surface area contributed by atoms with E-state index in [1.165, 1.54) is 0 Å². The van der Waals surface area contributed by atoms with Crippen molar-refractivity contribution in [2.24, 2.45) is 11.7 Å². The standard InChI is InChI=1S/C11H13F2NO/c1-15-8-4-2-7(3-5-8)10-9(6-14)11(10,12)13/h2-5,9-10H,6,14H2,1H3. The van der Waals surface area contributed by atoms with Gasteiger partial charge < -0.3 is 10.5 Å². The Morgan fingerprint density at radius 2 is 1.93 bits per heavy atom. The molecule has 1 aromatic carbocycles. The summed E-state index contributed by atoms with van der Waals surface area (Å²) in [6, 6.07) is 6.73. The summed E-state index contributed by atoms with van der Waals surface area (Å²) in [6.07, 6.45) is 0. The van der Waals surface area contributed by atoms with Gasteiger partial charge in [-0.15, -0.1) is 0 Å². The van der Waals surface area contributed by atoms with Gasteiger partial charge in [-0.2, -0.15) is 0 Å². The number of hydrogen-bond acceptors (Lipinski definition) is 2. The van der Waals surface area contributed by atoms with Crippen LogP contribution in [0, 0.1) is 5.92 Å². The van der Waals surface area contributed by atoms with E-state index < -0.39 is 17.8 Å². The maximum atomic E-state index is 13.2. The minimum absolute atomic E-state index is 0.0314. The summed E-state index contributed by atoms with van der Waals surface area (Å²) < 4.78 is 31.4. The van der Waals surface area contributed by atoms with Gasteiger partial charge in [0.05, 0.1) is 13.0 Å². The molecule has 4 heteroatoms. The van der Waals surface area contributed by atoms with Crippen LogP contribution < -0.4 is 10.5 Å². The molecule has 82 valence electrons. The molecule has 1 saturated carbocycles.